The fourth-order valence-electron chi connectivity index (χ4n) is 3.77. The van der Waals surface area contributed by atoms with Gasteiger partial charge in [0.1, 0.15) is 24.0 Å². The lowest BCUT2D eigenvalue weighted by Gasteiger charge is -2.24. The molecule has 0 bridgehead atoms. The van der Waals surface area contributed by atoms with E-state index in [2.05, 4.69) is 5.32 Å². The second kappa shape index (κ2) is 9.11. The quantitative estimate of drug-likeness (QED) is 0.487. The minimum absolute atomic E-state index is 0.0586. The summed E-state index contributed by atoms with van der Waals surface area (Å²) in [4.78, 5) is 38.1. The van der Waals surface area contributed by atoms with Gasteiger partial charge in [0.25, 0.3) is 5.91 Å². The highest BCUT2D eigenvalue weighted by Crippen LogP contribution is 2.36. The number of ether oxygens (including phenoxy) is 3. The Labute approximate surface area is 191 Å². The first-order chi connectivity index (χ1) is 15.8. The number of fused-ring (bicyclic) bond motifs is 1. The molecule has 9 nitrogen and oxygen atoms in total. The fourth-order valence-corrected chi connectivity index (χ4v) is 3.77. The minimum atomic E-state index is -1.30. The number of nitrogens with one attached hydrogen (secondary N) is 1. The van der Waals surface area contributed by atoms with E-state index in [9.17, 15) is 19.5 Å². The van der Waals surface area contributed by atoms with Crippen molar-refractivity contribution < 1.29 is 33.7 Å². The van der Waals surface area contributed by atoms with Crippen LogP contribution in [0.1, 0.15) is 36.2 Å². The van der Waals surface area contributed by atoms with Gasteiger partial charge in [-0.25, -0.2) is 4.79 Å². The smallest absolute Gasteiger partial charge is 0.325 e. The molecule has 1 saturated heterocycles. The number of rotatable bonds is 7. The summed E-state index contributed by atoms with van der Waals surface area (Å²) in [6.45, 7) is 3.79. The van der Waals surface area contributed by atoms with Crippen LogP contribution in [0.4, 0.5) is 4.79 Å². The molecule has 2 aliphatic heterocycles. The van der Waals surface area contributed by atoms with Crippen LogP contribution in [0.3, 0.4) is 0 Å². The van der Waals surface area contributed by atoms with Crippen LogP contribution >= 0.6 is 0 Å². The summed E-state index contributed by atoms with van der Waals surface area (Å²) in [5.41, 5.74) is -0.189. The van der Waals surface area contributed by atoms with Crippen molar-refractivity contribution in [2.24, 2.45) is 0 Å². The van der Waals surface area contributed by atoms with Crippen molar-refractivity contribution in [3.05, 3.63) is 53.6 Å². The summed E-state index contributed by atoms with van der Waals surface area (Å²) in [6, 6.07) is 11.1. The third-order valence-corrected chi connectivity index (χ3v) is 5.70. The highest BCUT2D eigenvalue weighted by molar-refractivity contribution is 6.07. The molecule has 2 N–H and O–H groups in total. The molecule has 0 aliphatic carbocycles. The van der Waals surface area contributed by atoms with Crippen LogP contribution < -0.4 is 19.5 Å². The number of benzene rings is 2. The second-order valence-electron chi connectivity index (χ2n) is 8.23. The lowest BCUT2D eigenvalue weighted by molar-refractivity contribution is -0.132. The monoisotopic (exact) mass is 454 g/mol. The summed E-state index contributed by atoms with van der Waals surface area (Å²) in [6.07, 6.45) is -0.343. The van der Waals surface area contributed by atoms with Crippen molar-refractivity contribution in [3.63, 3.8) is 0 Å². The van der Waals surface area contributed by atoms with Crippen molar-refractivity contribution >= 4 is 17.7 Å². The Morgan fingerprint density at radius 2 is 1.85 bits per heavy atom. The van der Waals surface area contributed by atoms with E-state index in [1.54, 1.807) is 49.4 Å². The molecule has 2 atom stereocenters. The first-order valence-corrected chi connectivity index (χ1v) is 10.7. The van der Waals surface area contributed by atoms with Crippen LogP contribution in [0.15, 0.2) is 42.5 Å². The van der Waals surface area contributed by atoms with Gasteiger partial charge in [0.15, 0.2) is 17.3 Å². The molecule has 2 aromatic carbocycles. The molecule has 3 amide bonds. The molecule has 4 rings (SSSR count). The van der Waals surface area contributed by atoms with Crippen LogP contribution in [0.5, 0.6) is 17.2 Å². The molecule has 0 spiro atoms. The first-order valence-electron chi connectivity index (χ1n) is 10.7. The van der Waals surface area contributed by atoms with E-state index in [-0.39, 0.29) is 18.9 Å². The molecule has 0 aromatic heterocycles. The number of β-amino-alcohol motifs (C(OH)–C–C–N with tert-alkyl or cyclic N) is 1. The summed E-state index contributed by atoms with van der Waals surface area (Å²) in [7, 11) is 0. The summed E-state index contributed by atoms with van der Waals surface area (Å²) >= 11 is 0. The summed E-state index contributed by atoms with van der Waals surface area (Å²) in [5, 5.41) is 13.1. The lowest BCUT2D eigenvalue weighted by Crippen LogP contribution is -2.42. The number of carbonyl (C=O) groups is 3. The Morgan fingerprint density at radius 3 is 2.55 bits per heavy atom. The molecule has 174 valence electrons. The van der Waals surface area contributed by atoms with E-state index in [4.69, 9.17) is 14.2 Å². The predicted octanol–water partition coefficient (Wildman–Crippen LogP) is 2.26. The Bertz CT molecular complexity index is 1070. The second-order valence-corrected chi connectivity index (χ2v) is 8.23. The number of urea groups is 1. The maximum absolute atomic E-state index is 13.2. The summed E-state index contributed by atoms with van der Waals surface area (Å²) < 4.78 is 16.9. The van der Waals surface area contributed by atoms with Crippen molar-refractivity contribution in [2.45, 2.75) is 31.9 Å². The van der Waals surface area contributed by atoms with Crippen LogP contribution in [0, 0.1) is 0 Å². The van der Waals surface area contributed by atoms with Crippen molar-refractivity contribution in [3.8, 4) is 17.2 Å². The first kappa shape index (κ1) is 22.6. The number of Topliss-reactive ketones (excluding diaryl/α,β-unsaturated/α-hetero) is 1. The number of hydrogen-bond acceptors (Lipinski definition) is 7. The standard InChI is InChI=1S/C24H26N2O7/c1-15(27)16-4-7-19(8-5-16)33-14-18(28)13-26-22(29)24(2,25-23(26)30)17-6-9-20-21(12-17)32-11-3-10-31-20/h4-9,12,18,28H,3,10-11,13-14H2,1-2H3,(H,25,30)/t18-,24+/m0/s1. The van der Waals surface area contributed by atoms with Gasteiger partial charge >= 0.3 is 6.03 Å². The zero-order chi connectivity index (χ0) is 23.6. The highest BCUT2D eigenvalue weighted by Gasteiger charge is 2.49. The average Bonchev–Trinajstić information content (AvgIpc) is 2.96. The number of ketones is 1. The topological polar surface area (TPSA) is 114 Å². The molecule has 0 radical (unpaired) electrons. The molecule has 0 saturated carbocycles. The zero-order valence-electron chi connectivity index (χ0n) is 18.5. The zero-order valence-corrected chi connectivity index (χ0v) is 18.5. The Hall–Kier alpha value is -3.59. The Balaban J connectivity index is 1.41. The third kappa shape index (κ3) is 4.63. The van der Waals surface area contributed by atoms with E-state index in [0.717, 1.165) is 11.3 Å². The van der Waals surface area contributed by atoms with Crippen LogP contribution in [0.2, 0.25) is 0 Å². The van der Waals surface area contributed by atoms with Gasteiger partial charge in [-0.15, -0.1) is 0 Å². The number of aliphatic hydroxyl groups excluding tert-OH is 1. The fraction of sp³-hybridized carbons (Fsp3) is 0.375. The molecular formula is C24H26N2O7. The number of nitrogens with zero attached hydrogens (tertiary/aromatic N) is 1. The predicted molar refractivity (Wildman–Crippen MR) is 118 cm³/mol. The van der Waals surface area contributed by atoms with E-state index in [1.807, 2.05) is 0 Å². The molecule has 2 aliphatic rings. The van der Waals surface area contributed by atoms with E-state index in [1.165, 1.54) is 6.92 Å². The molecular weight excluding hydrogens is 428 g/mol. The average molecular weight is 454 g/mol. The molecule has 2 heterocycles. The normalized spacial score (nSPS) is 20.8. The number of hydrogen-bond donors (Lipinski definition) is 2. The van der Waals surface area contributed by atoms with Gasteiger partial charge in [0.2, 0.25) is 0 Å². The number of aliphatic hydroxyl groups is 1. The maximum atomic E-state index is 13.2. The van der Waals surface area contributed by atoms with Gasteiger partial charge in [-0.05, 0) is 55.8 Å². The number of carbonyl (C=O) groups excluding carboxylic acids is 3. The lowest BCUT2D eigenvalue weighted by atomic mass is 9.91. The van der Waals surface area contributed by atoms with Crippen LogP contribution in [-0.4, -0.2) is 60.2 Å². The SMILES string of the molecule is CC(=O)c1ccc(OC[C@@H](O)CN2C(=O)N[C@](C)(c3ccc4c(c3)OCCCO4)C2=O)cc1. The van der Waals surface area contributed by atoms with Gasteiger partial charge in [0.05, 0.1) is 19.8 Å². The van der Waals surface area contributed by atoms with Crippen LogP contribution in [0.25, 0.3) is 0 Å². The minimum Gasteiger partial charge on any atom is -0.491 e. The third-order valence-electron chi connectivity index (χ3n) is 5.70. The summed E-state index contributed by atoms with van der Waals surface area (Å²) in [5.74, 6) is 1.05. The molecule has 1 fully saturated rings. The molecule has 33 heavy (non-hydrogen) atoms. The van der Waals surface area contributed by atoms with Gasteiger partial charge in [-0.3, -0.25) is 14.5 Å². The highest BCUT2D eigenvalue weighted by atomic mass is 16.5. The van der Waals surface area contributed by atoms with Crippen molar-refractivity contribution in [1.82, 2.24) is 10.2 Å². The number of amides is 3. The maximum Gasteiger partial charge on any atom is 0.325 e. The van der Waals surface area contributed by atoms with Crippen molar-refractivity contribution in [2.75, 3.05) is 26.4 Å². The van der Waals surface area contributed by atoms with E-state index in [0.29, 0.717) is 41.6 Å². The van der Waals surface area contributed by atoms with Crippen molar-refractivity contribution in [1.29, 1.82) is 0 Å². The Morgan fingerprint density at radius 1 is 1.15 bits per heavy atom. The molecule has 2 aromatic rings. The van der Waals surface area contributed by atoms with E-state index >= 15 is 0 Å². The molecule has 9 heteroatoms. The van der Waals surface area contributed by atoms with Gasteiger partial charge < -0.3 is 24.6 Å². The largest absolute Gasteiger partial charge is 0.491 e. The van der Waals surface area contributed by atoms with Gasteiger partial charge in [0, 0.05) is 12.0 Å². The van der Waals surface area contributed by atoms with Crippen LogP contribution in [-0.2, 0) is 10.3 Å². The van der Waals surface area contributed by atoms with Gasteiger partial charge in [-0.1, -0.05) is 6.07 Å². The Kier molecular flexibility index (Phi) is 6.24. The van der Waals surface area contributed by atoms with E-state index < -0.39 is 23.6 Å². The molecule has 0 unspecified atom stereocenters. The van der Waals surface area contributed by atoms with Gasteiger partial charge in [-0.2, -0.15) is 0 Å². The number of imide groups is 1.